The molecule has 0 unspecified atom stereocenters. The van der Waals surface area contributed by atoms with Gasteiger partial charge in [0.25, 0.3) is 5.91 Å². The summed E-state index contributed by atoms with van der Waals surface area (Å²) < 4.78 is 20.0. The third kappa shape index (κ3) is 5.84. The molecule has 0 radical (unpaired) electrons. The number of anilines is 2. The molecule has 5 heterocycles. The standard InChI is InChI=1S/C32H37FN8O2/c1-21-6-7-23-16-35-17-29(27(23)15-21)39-12-9-26-28(19-39)36-32(43-20-25-5-4-11-38(25)3)37-30(26)40-13-14-41(31(42)22(2)33)24(18-40)8-10-34/h6-7,15-17,24-25H,2,4-5,8-9,11-14,18-20H2,1,3H3/t24-,25-/m0/s1. The van der Waals surface area contributed by atoms with Gasteiger partial charge in [-0.15, -0.1) is 0 Å². The van der Waals surface area contributed by atoms with Crippen molar-refractivity contribution >= 4 is 28.2 Å². The second-order valence-electron chi connectivity index (χ2n) is 11.8. The number of likely N-dealkylation sites (tertiary alicyclic amines) is 1. The average Bonchev–Trinajstić information content (AvgIpc) is 3.43. The number of halogens is 1. The number of fused-ring (bicyclic) bond motifs is 2. The number of carbonyl (C=O) groups is 1. The van der Waals surface area contributed by atoms with E-state index < -0.39 is 17.8 Å². The third-order valence-corrected chi connectivity index (χ3v) is 8.94. The second kappa shape index (κ2) is 12.1. The van der Waals surface area contributed by atoms with Crippen LogP contribution in [0.25, 0.3) is 10.8 Å². The first-order chi connectivity index (χ1) is 20.8. The van der Waals surface area contributed by atoms with Crippen molar-refractivity contribution in [1.29, 1.82) is 5.26 Å². The molecule has 2 atom stereocenters. The molecule has 2 saturated heterocycles. The number of nitriles is 1. The number of likely N-dealkylation sites (N-methyl/N-ethyl adjacent to an activating group) is 1. The summed E-state index contributed by atoms with van der Waals surface area (Å²) >= 11 is 0. The molecule has 224 valence electrons. The Kier molecular flexibility index (Phi) is 8.13. The quantitative estimate of drug-likeness (QED) is 0.384. The van der Waals surface area contributed by atoms with E-state index in [0.717, 1.165) is 59.5 Å². The number of aryl methyl sites for hydroxylation is 1. The van der Waals surface area contributed by atoms with Crippen molar-refractivity contribution in [1.82, 2.24) is 24.8 Å². The van der Waals surface area contributed by atoms with Crippen molar-refractivity contribution in [3.63, 3.8) is 0 Å². The molecule has 6 rings (SSSR count). The highest BCUT2D eigenvalue weighted by molar-refractivity contribution is 5.94. The van der Waals surface area contributed by atoms with Crippen molar-refractivity contribution in [3.05, 3.63) is 59.8 Å². The summed E-state index contributed by atoms with van der Waals surface area (Å²) in [6.45, 7) is 9.23. The molecule has 0 spiro atoms. The Balaban J connectivity index is 1.33. The van der Waals surface area contributed by atoms with Crippen molar-refractivity contribution in [3.8, 4) is 12.1 Å². The Morgan fingerprint density at radius 1 is 1.16 bits per heavy atom. The van der Waals surface area contributed by atoms with Gasteiger partial charge in [-0.3, -0.25) is 9.78 Å². The summed E-state index contributed by atoms with van der Waals surface area (Å²) in [5.74, 6) is -1.01. The first-order valence-electron chi connectivity index (χ1n) is 14.9. The molecule has 1 aromatic carbocycles. The normalized spacial score (nSPS) is 20.7. The Bertz CT molecular complexity index is 1590. The molecule has 3 aliphatic heterocycles. The Morgan fingerprint density at radius 3 is 2.79 bits per heavy atom. The van der Waals surface area contributed by atoms with Gasteiger partial charge in [0.2, 0.25) is 0 Å². The Morgan fingerprint density at radius 2 is 2.02 bits per heavy atom. The van der Waals surface area contributed by atoms with Gasteiger partial charge in [-0.25, -0.2) is 4.39 Å². The van der Waals surface area contributed by atoms with Crippen LogP contribution in [0, 0.1) is 18.3 Å². The van der Waals surface area contributed by atoms with E-state index in [1.165, 1.54) is 10.5 Å². The molecule has 0 bridgehead atoms. The smallest absolute Gasteiger partial charge is 0.318 e. The van der Waals surface area contributed by atoms with E-state index >= 15 is 0 Å². The van der Waals surface area contributed by atoms with Gasteiger partial charge in [0.15, 0.2) is 5.83 Å². The molecular weight excluding hydrogens is 547 g/mol. The van der Waals surface area contributed by atoms with Gasteiger partial charge < -0.3 is 24.3 Å². The van der Waals surface area contributed by atoms with Gasteiger partial charge in [0, 0.05) is 54.8 Å². The van der Waals surface area contributed by atoms with E-state index in [0.29, 0.717) is 44.7 Å². The van der Waals surface area contributed by atoms with E-state index in [1.807, 2.05) is 12.4 Å². The predicted octanol–water partition coefficient (Wildman–Crippen LogP) is 3.78. The second-order valence-corrected chi connectivity index (χ2v) is 11.8. The van der Waals surface area contributed by atoms with Crippen LogP contribution in [0.2, 0.25) is 0 Å². The van der Waals surface area contributed by atoms with Gasteiger partial charge in [0.1, 0.15) is 12.4 Å². The van der Waals surface area contributed by atoms with Crippen LogP contribution in [0.5, 0.6) is 6.01 Å². The summed E-state index contributed by atoms with van der Waals surface area (Å²) in [5, 5.41) is 11.7. The molecule has 0 saturated carbocycles. The minimum atomic E-state index is -1.01. The SMILES string of the molecule is C=C(F)C(=O)N1CCN(c2nc(OC[C@@H]3CCCN3C)nc3c2CCN(c2cncc4ccc(C)cc24)C3)C[C@@H]1CC#N. The van der Waals surface area contributed by atoms with Gasteiger partial charge in [-0.05, 0) is 45.8 Å². The highest BCUT2D eigenvalue weighted by Crippen LogP contribution is 2.35. The first-order valence-corrected chi connectivity index (χ1v) is 14.9. The average molecular weight is 585 g/mol. The van der Waals surface area contributed by atoms with Crippen molar-refractivity contribution in [2.24, 2.45) is 0 Å². The molecule has 3 aliphatic rings. The molecule has 0 aliphatic carbocycles. The lowest BCUT2D eigenvalue weighted by Crippen LogP contribution is -2.55. The molecule has 2 fully saturated rings. The summed E-state index contributed by atoms with van der Waals surface area (Å²) in [7, 11) is 2.11. The predicted molar refractivity (Wildman–Crippen MR) is 163 cm³/mol. The monoisotopic (exact) mass is 584 g/mol. The van der Waals surface area contributed by atoms with E-state index in [1.54, 1.807) is 0 Å². The molecular formula is C32H37FN8O2. The molecule has 2 aromatic heterocycles. The number of ether oxygens (including phenoxy) is 1. The van der Waals surface area contributed by atoms with Crippen LogP contribution in [0.4, 0.5) is 15.9 Å². The number of carbonyl (C=O) groups excluding carboxylic acids is 1. The topological polar surface area (TPSA) is 102 Å². The van der Waals surface area contributed by atoms with Crippen LogP contribution in [0.3, 0.4) is 0 Å². The van der Waals surface area contributed by atoms with Crippen molar-refractivity contribution in [2.45, 2.75) is 51.2 Å². The third-order valence-electron chi connectivity index (χ3n) is 8.94. The zero-order valence-corrected chi connectivity index (χ0v) is 24.8. The van der Waals surface area contributed by atoms with Crippen LogP contribution in [-0.4, -0.2) is 89.1 Å². The van der Waals surface area contributed by atoms with E-state index in [9.17, 15) is 14.4 Å². The lowest BCUT2D eigenvalue weighted by molar-refractivity contribution is -0.131. The van der Waals surface area contributed by atoms with E-state index in [4.69, 9.17) is 14.7 Å². The van der Waals surface area contributed by atoms with Crippen LogP contribution < -0.4 is 14.5 Å². The summed E-state index contributed by atoms with van der Waals surface area (Å²) in [4.78, 5) is 35.0. The van der Waals surface area contributed by atoms with Crippen molar-refractivity contribution < 1.29 is 13.9 Å². The molecule has 0 N–H and O–H groups in total. The molecule has 11 heteroatoms. The maximum Gasteiger partial charge on any atom is 0.318 e. The fourth-order valence-corrected chi connectivity index (χ4v) is 6.55. The van der Waals surface area contributed by atoms with Gasteiger partial charge in [-0.2, -0.15) is 15.2 Å². The zero-order valence-electron chi connectivity index (χ0n) is 24.8. The number of aromatic nitrogens is 3. The van der Waals surface area contributed by atoms with Gasteiger partial charge >= 0.3 is 6.01 Å². The van der Waals surface area contributed by atoms with Gasteiger partial charge in [-0.1, -0.05) is 24.3 Å². The number of pyridine rings is 1. The largest absolute Gasteiger partial charge is 0.462 e. The fraction of sp³-hybridized carbons (Fsp3) is 0.469. The summed E-state index contributed by atoms with van der Waals surface area (Å²) in [6.07, 6.45) is 6.82. The summed E-state index contributed by atoms with van der Waals surface area (Å²) in [5.41, 5.74) is 4.18. The first kappa shape index (κ1) is 28.8. The minimum absolute atomic E-state index is 0.0848. The number of piperazine rings is 1. The maximum absolute atomic E-state index is 13.8. The highest BCUT2D eigenvalue weighted by atomic mass is 19.1. The number of nitrogens with zero attached hydrogens (tertiary/aromatic N) is 8. The van der Waals surface area contributed by atoms with Crippen LogP contribution >= 0.6 is 0 Å². The lowest BCUT2D eigenvalue weighted by atomic mass is 10.0. The molecule has 43 heavy (non-hydrogen) atoms. The number of hydrogen-bond donors (Lipinski definition) is 0. The Hall–Kier alpha value is -4.30. The van der Waals surface area contributed by atoms with Gasteiger partial charge in [0.05, 0.1) is 42.7 Å². The lowest BCUT2D eigenvalue weighted by Gasteiger charge is -2.42. The van der Waals surface area contributed by atoms with Crippen molar-refractivity contribution in [2.75, 3.05) is 56.2 Å². The van der Waals surface area contributed by atoms with Crippen LogP contribution in [0.15, 0.2) is 43.0 Å². The fourth-order valence-electron chi connectivity index (χ4n) is 6.55. The molecule has 3 aromatic rings. The number of rotatable bonds is 7. The maximum atomic E-state index is 13.8. The minimum Gasteiger partial charge on any atom is -0.462 e. The number of amides is 1. The number of hydrogen-bond acceptors (Lipinski definition) is 9. The Labute approximate surface area is 251 Å². The molecule has 1 amide bonds. The molecule has 10 nitrogen and oxygen atoms in total. The van der Waals surface area contributed by atoms with Crippen LogP contribution in [0.1, 0.15) is 36.1 Å². The highest BCUT2D eigenvalue weighted by Gasteiger charge is 2.35. The number of benzene rings is 1. The van der Waals surface area contributed by atoms with Crippen LogP contribution in [-0.2, 0) is 17.8 Å². The van der Waals surface area contributed by atoms with E-state index in [-0.39, 0.29) is 13.0 Å². The van der Waals surface area contributed by atoms with E-state index in [2.05, 4.69) is 64.5 Å². The summed E-state index contributed by atoms with van der Waals surface area (Å²) in [6, 6.07) is 8.72. The zero-order chi connectivity index (χ0) is 30.1.